The molecule has 0 atom stereocenters. The Balaban J connectivity index is 1.61. The molecular formula is C35H36ClF3N2O2. The summed E-state index contributed by atoms with van der Waals surface area (Å²) in [4.78, 5) is 14.2. The molecule has 0 unspecified atom stereocenters. The van der Waals surface area contributed by atoms with Gasteiger partial charge in [0, 0.05) is 19.6 Å². The molecule has 0 aliphatic carbocycles. The lowest BCUT2D eigenvalue weighted by molar-refractivity contribution is -0.137. The van der Waals surface area contributed by atoms with Crippen molar-refractivity contribution in [3.8, 4) is 5.75 Å². The van der Waals surface area contributed by atoms with Gasteiger partial charge in [0.2, 0.25) is 5.91 Å². The second kappa shape index (κ2) is 14.6. The molecule has 0 bridgehead atoms. The molecule has 4 rings (SSSR count). The standard InChI is InChI=1S/C35H36ClF3N2O2/c1-3-40-32(42)24-26-13-10-19-30(23-26)43-22-12-21-41(25-27-14-11-20-31(33(27)36)35(37,38)39)34(2,28-15-6-4-7-16-28)29-17-8-5-9-18-29/h4-11,13-20,23H,3,12,21-22,24-25H2,1-2H3,(H,40,42). The highest BCUT2D eigenvalue weighted by molar-refractivity contribution is 6.32. The number of carbonyl (C=O) groups excluding carboxylic acids is 1. The fourth-order valence-corrected chi connectivity index (χ4v) is 5.57. The number of benzene rings is 4. The molecule has 0 radical (unpaired) electrons. The quantitative estimate of drug-likeness (QED) is 0.155. The molecule has 4 nitrogen and oxygen atoms in total. The molecule has 0 heterocycles. The van der Waals surface area contributed by atoms with Gasteiger partial charge in [0.15, 0.2) is 0 Å². The van der Waals surface area contributed by atoms with Crippen molar-refractivity contribution in [1.29, 1.82) is 0 Å². The molecule has 4 aromatic carbocycles. The molecule has 0 aromatic heterocycles. The monoisotopic (exact) mass is 608 g/mol. The molecule has 0 saturated carbocycles. The van der Waals surface area contributed by atoms with E-state index in [0.29, 0.717) is 37.4 Å². The maximum Gasteiger partial charge on any atom is 0.417 e. The third kappa shape index (κ3) is 8.18. The fourth-order valence-electron chi connectivity index (χ4n) is 5.28. The lowest BCUT2D eigenvalue weighted by Gasteiger charge is -2.43. The van der Waals surface area contributed by atoms with E-state index in [-0.39, 0.29) is 23.9 Å². The first-order valence-electron chi connectivity index (χ1n) is 14.3. The Bertz CT molecular complexity index is 1440. The van der Waals surface area contributed by atoms with Crippen LogP contribution in [0.3, 0.4) is 0 Å². The summed E-state index contributed by atoms with van der Waals surface area (Å²) in [6, 6.07) is 31.4. The predicted molar refractivity (Wildman–Crippen MR) is 165 cm³/mol. The third-order valence-corrected chi connectivity index (χ3v) is 7.97. The number of alkyl halides is 3. The van der Waals surface area contributed by atoms with E-state index < -0.39 is 17.3 Å². The van der Waals surface area contributed by atoms with Gasteiger partial charge in [-0.1, -0.05) is 96.5 Å². The van der Waals surface area contributed by atoms with Crippen molar-refractivity contribution >= 4 is 17.5 Å². The van der Waals surface area contributed by atoms with Crippen LogP contribution in [0.1, 0.15) is 48.1 Å². The Morgan fingerprint density at radius 2 is 1.51 bits per heavy atom. The Morgan fingerprint density at radius 3 is 2.12 bits per heavy atom. The summed E-state index contributed by atoms with van der Waals surface area (Å²) in [5.41, 5.74) is 1.72. The van der Waals surface area contributed by atoms with E-state index in [0.717, 1.165) is 22.8 Å². The number of hydrogen-bond donors (Lipinski definition) is 1. The lowest BCUT2D eigenvalue weighted by Crippen LogP contribution is -2.45. The summed E-state index contributed by atoms with van der Waals surface area (Å²) in [7, 11) is 0. The van der Waals surface area contributed by atoms with E-state index in [9.17, 15) is 18.0 Å². The van der Waals surface area contributed by atoms with Gasteiger partial charge in [-0.2, -0.15) is 13.2 Å². The van der Waals surface area contributed by atoms with Crippen LogP contribution in [0, 0.1) is 0 Å². The second-order valence-electron chi connectivity index (χ2n) is 10.5. The van der Waals surface area contributed by atoms with Gasteiger partial charge >= 0.3 is 6.18 Å². The van der Waals surface area contributed by atoms with Crippen molar-refractivity contribution in [3.05, 3.63) is 136 Å². The van der Waals surface area contributed by atoms with Gasteiger partial charge in [0.1, 0.15) is 5.75 Å². The van der Waals surface area contributed by atoms with E-state index >= 15 is 0 Å². The average Bonchev–Trinajstić information content (AvgIpc) is 2.99. The highest BCUT2D eigenvalue weighted by Gasteiger charge is 2.37. The number of rotatable bonds is 13. The molecule has 0 aliphatic heterocycles. The number of nitrogens with one attached hydrogen (secondary N) is 1. The van der Waals surface area contributed by atoms with E-state index in [2.05, 4.69) is 17.1 Å². The van der Waals surface area contributed by atoms with Crippen molar-refractivity contribution in [2.24, 2.45) is 0 Å². The molecule has 1 N–H and O–H groups in total. The molecule has 1 amide bonds. The molecule has 0 spiro atoms. The minimum absolute atomic E-state index is 0.0512. The SMILES string of the molecule is CCNC(=O)Cc1cccc(OCCCN(Cc2cccc(C(F)(F)F)c2Cl)C(C)(c2ccccc2)c2ccccc2)c1. The zero-order valence-electron chi connectivity index (χ0n) is 24.3. The van der Waals surface area contributed by atoms with Gasteiger partial charge < -0.3 is 10.1 Å². The number of carbonyl (C=O) groups is 1. The van der Waals surface area contributed by atoms with Crippen LogP contribution in [0.15, 0.2) is 103 Å². The van der Waals surface area contributed by atoms with Crippen LogP contribution in [0.2, 0.25) is 5.02 Å². The van der Waals surface area contributed by atoms with Gasteiger partial charge in [-0.05, 0) is 60.7 Å². The van der Waals surface area contributed by atoms with Gasteiger partial charge in [-0.3, -0.25) is 9.69 Å². The summed E-state index contributed by atoms with van der Waals surface area (Å²) in [6.07, 6.45) is -3.70. The van der Waals surface area contributed by atoms with Crippen molar-refractivity contribution in [1.82, 2.24) is 10.2 Å². The predicted octanol–water partition coefficient (Wildman–Crippen LogP) is 8.27. The summed E-state index contributed by atoms with van der Waals surface area (Å²) in [6.45, 7) is 5.60. The minimum atomic E-state index is -4.56. The molecule has 43 heavy (non-hydrogen) atoms. The Morgan fingerprint density at radius 1 is 0.884 bits per heavy atom. The summed E-state index contributed by atoms with van der Waals surface area (Å²) in [5.74, 6) is 0.604. The van der Waals surface area contributed by atoms with Gasteiger partial charge in [0.25, 0.3) is 0 Å². The maximum absolute atomic E-state index is 13.7. The van der Waals surface area contributed by atoms with Crippen LogP contribution in [0.5, 0.6) is 5.75 Å². The fraction of sp³-hybridized carbons (Fsp3) is 0.286. The average molecular weight is 609 g/mol. The van der Waals surface area contributed by atoms with Crippen molar-refractivity contribution in [3.63, 3.8) is 0 Å². The first-order chi connectivity index (χ1) is 20.6. The van der Waals surface area contributed by atoms with Gasteiger partial charge in [-0.15, -0.1) is 0 Å². The van der Waals surface area contributed by atoms with E-state index in [1.807, 2.05) is 91.9 Å². The smallest absolute Gasteiger partial charge is 0.417 e. The Hall–Kier alpha value is -3.81. The molecule has 4 aromatic rings. The van der Waals surface area contributed by atoms with E-state index in [4.69, 9.17) is 16.3 Å². The van der Waals surface area contributed by atoms with E-state index in [1.165, 1.54) is 6.07 Å². The molecule has 8 heteroatoms. The van der Waals surface area contributed by atoms with Crippen LogP contribution in [0.4, 0.5) is 13.2 Å². The highest BCUT2D eigenvalue weighted by Crippen LogP contribution is 2.40. The third-order valence-electron chi connectivity index (χ3n) is 7.53. The summed E-state index contributed by atoms with van der Waals surface area (Å²) in [5, 5.41) is 2.51. The van der Waals surface area contributed by atoms with Gasteiger partial charge in [0.05, 0.1) is 29.2 Å². The molecule has 0 saturated heterocycles. The summed E-state index contributed by atoms with van der Waals surface area (Å²) < 4.78 is 47.3. The number of ether oxygens (including phenoxy) is 1. The molecule has 0 fully saturated rings. The molecule has 226 valence electrons. The first-order valence-corrected chi connectivity index (χ1v) is 14.7. The molecule has 0 aliphatic rings. The second-order valence-corrected chi connectivity index (χ2v) is 10.9. The number of halogens is 4. The lowest BCUT2D eigenvalue weighted by atomic mass is 9.82. The van der Waals surface area contributed by atoms with Gasteiger partial charge in [-0.25, -0.2) is 0 Å². The van der Waals surface area contributed by atoms with Crippen LogP contribution >= 0.6 is 11.6 Å². The number of hydrogen-bond acceptors (Lipinski definition) is 3. The first kappa shape index (κ1) is 32.1. The number of likely N-dealkylation sites (N-methyl/N-ethyl adjacent to an activating group) is 1. The topological polar surface area (TPSA) is 41.6 Å². The normalized spacial score (nSPS) is 11.9. The number of amides is 1. The highest BCUT2D eigenvalue weighted by atomic mass is 35.5. The van der Waals surface area contributed by atoms with Crippen LogP contribution in [-0.4, -0.2) is 30.5 Å². The van der Waals surface area contributed by atoms with Crippen molar-refractivity contribution < 1.29 is 22.7 Å². The van der Waals surface area contributed by atoms with Crippen LogP contribution in [0.25, 0.3) is 0 Å². The zero-order valence-corrected chi connectivity index (χ0v) is 25.1. The van der Waals surface area contributed by atoms with Crippen molar-refractivity contribution in [2.75, 3.05) is 19.7 Å². The maximum atomic E-state index is 13.7. The molecular weight excluding hydrogens is 573 g/mol. The van der Waals surface area contributed by atoms with E-state index in [1.54, 1.807) is 6.07 Å². The Kier molecular flexibility index (Phi) is 10.9. The number of nitrogens with zero attached hydrogens (tertiary/aromatic N) is 1. The summed E-state index contributed by atoms with van der Waals surface area (Å²) >= 11 is 6.39. The minimum Gasteiger partial charge on any atom is -0.494 e. The van der Waals surface area contributed by atoms with Crippen LogP contribution < -0.4 is 10.1 Å². The Labute approximate surface area is 256 Å². The zero-order chi connectivity index (χ0) is 30.9. The van der Waals surface area contributed by atoms with Crippen LogP contribution in [-0.2, 0) is 29.5 Å². The van der Waals surface area contributed by atoms with Crippen molar-refractivity contribution in [2.45, 2.75) is 44.9 Å². The largest absolute Gasteiger partial charge is 0.494 e.